The molecule has 28 heavy (non-hydrogen) atoms. The summed E-state index contributed by atoms with van der Waals surface area (Å²) in [6.45, 7) is 5.57. The summed E-state index contributed by atoms with van der Waals surface area (Å²) in [6.07, 6.45) is -0.590. The van der Waals surface area contributed by atoms with Crippen molar-refractivity contribution in [1.29, 1.82) is 0 Å². The predicted molar refractivity (Wildman–Crippen MR) is 102 cm³/mol. The molecule has 0 radical (unpaired) electrons. The van der Waals surface area contributed by atoms with Gasteiger partial charge in [-0.2, -0.15) is 13.2 Å². The number of hydrogen-bond donors (Lipinski definition) is 1. The lowest BCUT2D eigenvalue weighted by atomic mass is 9.83. The van der Waals surface area contributed by atoms with Crippen molar-refractivity contribution in [3.63, 3.8) is 0 Å². The molecular formula is C21H24F3N3O. The number of nitrogens with one attached hydrogen (secondary N) is 1. The van der Waals surface area contributed by atoms with Crippen molar-refractivity contribution in [2.75, 3.05) is 24.5 Å². The van der Waals surface area contributed by atoms with Crippen LogP contribution in [-0.4, -0.2) is 30.5 Å². The lowest BCUT2D eigenvalue weighted by Crippen LogP contribution is -2.37. The maximum absolute atomic E-state index is 13.0. The molecule has 1 N–H and O–H groups in total. The lowest BCUT2D eigenvalue weighted by Gasteiger charge is -2.27. The number of carbonyl (C=O) groups is 1. The van der Waals surface area contributed by atoms with Crippen LogP contribution in [0.3, 0.4) is 0 Å². The van der Waals surface area contributed by atoms with Gasteiger partial charge in [0.25, 0.3) is 5.91 Å². The third-order valence-corrected chi connectivity index (χ3v) is 5.10. The van der Waals surface area contributed by atoms with E-state index in [-0.39, 0.29) is 12.5 Å². The molecule has 0 unspecified atom stereocenters. The van der Waals surface area contributed by atoms with Gasteiger partial charge in [0.2, 0.25) is 0 Å². The molecule has 2 heterocycles. The molecule has 2 aromatic rings. The lowest BCUT2D eigenvalue weighted by molar-refractivity contribution is -0.137. The summed E-state index contributed by atoms with van der Waals surface area (Å²) in [7, 11) is 0. The zero-order valence-corrected chi connectivity index (χ0v) is 16.0. The van der Waals surface area contributed by atoms with Gasteiger partial charge < -0.3 is 10.2 Å². The molecule has 1 amide bonds. The molecule has 1 aliphatic heterocycles. The summed E-state index contributed by atoms with van der Waals surface area (Å²) in [5.41, 5.74) is -0.335. The van der Waals surface area contributed by atoms with Crippen LogP contribution in [0.1, 0.15) is 48.2 Å². The fraction of sp³-hybridized carbons (Fsp3) is 0.429. The number of hydrogen-bond acceptors (Lipinski definition) is 3. The number of nitrogens with zero attached hydrogens (tertiary/aromatic N) is 2. The Hall–Kier alpha value is -2.57. The molecule has 3 rings (SSSR count). The number of halogens is 3. The van der Waals surface area contributed by atoms with Gasteiger partial charge in [-0.25, -0.2) is 4.98 Å². The zero-order chi connectivity index (χ0) is 20.4. The Balaban J connectivity index is 1.74. The highest BCUT2D eigenvalue weighted by atomic mass is 19.4. The predicted octanol–water partition coefficient (Wildman–Crippen LogP) is 4.41. The standard InChI is InChI=1S/C21H24F3N3O/c1-20(2,15-7-5-8-16(13-15)21(22,23)24)14-26-19(28)17-9-6-10-25-18(17)27-11-3-4-12-27/h5-10,13H,3-4,11-12,14H2,1-2H3,(H,26,28). The molecule has 0 aliphatic carbocycles. The summed E-state index contributed by atoms with van der Waals surface area (Å²) < 4.78 is 39.0. The van der Waals surface area contributed by atoms with Crippen molar-refractivity contribution in [1.82, 2.24) is 10.3 Å². The largest absolute Gasteiger partial charge is 0.416 e. The third-order valence-electron chi connectivity index (χ3n) is 5.10. The van der Waals surface area contributed by atoms with Crippen molar-refractivity contribution in [3.8, 4) is 0 Å². The van der Waals surface area contributed by atoms with Crippen molar-refractivity contribution >= 4 is 11.7 Å². The number of anilines is 1. The van der Waals surface area contributed by atoms with E-state index in [4.69, 9.17) is 0 Å². The first-order valence-corrected chi connectivity index (χ1v) is 9.34. The summed E-state index contributed by atoms with van der Waals surface area (Å²) in [5.74, 6) is 0.393. The SMILES string of the molecule is CC(C)(CNC(=O)c1cccnc1N1CCCC1)c1cccc(C(F)(F)F)c1. The Labute approximate surface area is 162 Å². The average molecular weight is 391 g/mol. The highest BCUT2D eigenvalue weighted by molar-refractivity contribution is 5.99. The van der Waals surface area contributed by atoms with Gasteiger partial charge in [-0.3, -0.25) is 4.79 Å². The first kappa shape index (κ1) is 20.2. The van der Waals surface area contributed by atoms with E-state index >= 15 is 0 Å². The molecule has 1 saturated heterocycles. The van der Waals surface area contributed by atoms with Gasteiger partial charge in [0.05, 0.1) is 11.1 Å². The van der Waals surface area contributed by atoms with E-state index in [1.807, 2.05) is 13.8 Å². The Bertz CT molecular complexity index is 843. The maximum Gasteiger partial charge on any atom is 0.416 e. The Morgan fingerprint density at radius 3 is 2.46 bits per heavy atom. The quantitative estimate of drug-likeness (QED) is 0.821. The van der Waals surface area contributed by atoms with E-state index in [1.54, 1.807) is 24.4 Å². The van der Waals surface area contributed by atoms with Crippen LogP contribution in [0.2, 0.25) is 0 Å². The molecule has 0 spiro atoms. The number of pyridine rings is 1. The topological polar surface area (TPSA) is 45.2 Å². The Morgan fingerprint density at radius 1 is 1.11 bits per heavy atom. The summed E-state index contributed by atoms with van der Waals surface area (Å²) >= 11 is 0. The molecule has 0 atom stereocenters. The second-order valence-electron chi connectivity index (χ2n) is 7.71. The van der Waals surface area contributed by atoms with Gasteiger partial charge >= 0.3 is 6.18 Å². The fourth-order valence-electron chi connectivity index (χ4n) is 3.37. The van der Waals surface area contributed by atoms with Crippen LogP contribution in [-0.2, 0) is 11.6 Å². The monoisotopic (exact) mass is 391 g/mol. The summed E-state index contributed by atoms with van der Waals surface area (Å²) in [6, 6.07) is 8.69. The zero-order valence-electron chi connectivity index (χ0n) is 16.0. The van der Waals surface area contributed by atoms with Crippen molar-refractivity contribution in [2.24, 2.45) is 0 Å². The minimum absolute atomic E-state index is 0.210. The van der Waals surface area contributed by atoms with Gasteiger partial charge in [0.1, 0.15) is 5.82 Å². The maximum atomic E-state index is 13.0. The Morgan fingerprint density at radius 2 is 1.79 bits per heavy atom. The molecule has 4 nitrogen and oxygen atoms in total. The van der Waals surface area contributed by atoms with Gasteiger partial charge in [0, 0.05) is 31.2 Å². The van der Waals surface area contributed by atoms with Crippen LogP contribution in [0.15, 0.2) is 42.6 Å². The number of benzene rings is 1. The first-order chi connectivity index (χ1) is 13.2. The van der Waals surface area contributed by atoms with Crippen LogP contribution in [0.5, 0.6) is 0 Å². The molecule has 1 aromatic heterocycles. The second kappa shape index (κ2) is 7.81. The highest BCUT2D eigenvalue weighted by Gasteiger charge is 2.32. The number of amides is 1. The van der Waals surface area contributed by atoms with Crippen LogP contribution >= 0.6 is 0 Å². The molecule has 0 saturated carbocycles. The van der Waals surface area contributed by atoms with Gasteiger partial charge in [-0.05, 0) is 36.6 Å². The summed E-state index contributed by atoms with van der Waals surface area (Å²) in [5, 5.41) is 2.87. The number of carbonyl (C=O) groups excluding carboxylic acids is 1. The first-order valence-electron chi connectivity index (χ1n) is 9.34. The molecule has 0 bridgehead atoms. The average Bonchev–Trinajstić information content (AvgIpc) is 3.20. The van der Waals surface area contributed by atoms with E-state index in [9.17, 15) is 18.0 Å². The minimum atomic E-state index is -4.39. The van der Waals surface area contributed by atoms with E-state index in [1.165, 1.54) is 6.07 Å². The Kier molecular flexibility index (Phi) is 5.63. The molecule has 150 valence electrons. The summed E-state index contributed by atoms with van der Waals surface area (Å²) in [4.78, 5) is 19.2. The van der Waals surface area contributed by atoms with E-state index in [0.717, 1.165) is 38.1 Å². The van der Waals surface area contributed by atoms with Crippen molar-refractivity contribution < 1.29 is 18.0 Å². The van der Waals surface area contributed by atoms with E-state index in [2.05, 4.69) is 15.2 Å². The molecule has 1 aliphatic rings. The van der Waals surface area contributed by atoms with Gasteiger partial charge in [-0.15, -0.1) is 0 Å². The fourth-order valence-corrected chi connectivity index (χ4v) is 3.37. The van der Waals surface area contributed by atoms with E-state index < -0.39 is 17.2 Å². The number of aromatic nitrogens is 1. The van der Waals surface area contributed by atoms with Crippen LogP contribution < -0.4 is 10.2 Å². The van der Waals surface area contributed by atoms with Gasteiger partial charge in [-0.1, -0.05) is 32.0 Å². The molecule has 1 fully saturated rings. The van der Waals surface area contributed by atoms with Crippen molar-refractivity contribution in [3.05, 3.63) is 59.3 Å². The van der Waals surface area contributed by atoms with Crippen LogP contribution in [0.25, 0.3) is 0 Å². The number of rotatable bonds is 5. The van der Waals surface area contributed by atoms with Crippen LogP contribution in [0.4, 0.5) is 19.0 Å². The molecule has 1 aromatic carbocycles. The highest BCUT2D eigenvalue weighted by Crippen LogP contribution is 2.32. The second-order valence-corrected chi connectivity index (χ2v) is 7.71. The third kappa shape index (κ3) is 4.46. The van der Waals surface area contributed by atoms with Gasteiger partial charge in [0.15, 0.2) is 0 Å². The number of alkyl halides is 3. The smallest absolute Gasteiger partial charge is 0.356 e. The van der Waals surface area contributed by atoms with E-state index in [0.29, 0.717) is 16.9 Å². The molecular weight excluding hydrogens is 367 g/mol. The van der Waals surface area contributed by atoms with Crippen LogP contribution in [0, 0.1) is 0 Å². The molecule has 7 heteroatoms. The minimum Gasteiger partial charge on any atom is -0.356 e. The van der Waals surface area contributed by atoms with Crippen molar-refractivity contribution in [2.45, 2.75) is 38.3 Å². The normalized spacial score (nSPS) is 15.0.